The van der Waals surface area contributed by atoms with Crippen LogP contribution in [0.2, 0.25) is 0 Å². The molecule has 0 unspecified atom stereocenters. The van der Waals surface area contributed by atoms with Crippen LogP contribution in [0, 0.1) is 18.8 Å². The fourth-order valence-electron chi connectivity index (χ4n) is 1.33. The van der Waals surface area contributed by atoms with Crippen molar-refractivity contribution in [2.45, 2.75) is 20.3 Å². The van der Waals surface area contributed by atoms with Crippen LogP contribution in [0.5, 0.6) is 5.75 Å². The van der Waals surface area contributed by atoms with Gasteiger partial charge >= 0.3 is 0 Å². The minimum absolute atomic E-state index is 0.0174. The number of aryl methyl sites for hydroxylation is 1. The first kappa shape index (κ1) is 12.3. The Morgan fingerprint density at radius 3 is 2.69 bits per heavy atom. The highest BCUT2D eigenvalue weighted by atomic mass is 16.3. The van der Waals surface area contributed by atoms with Crippen LogP contribution in [0.3, 0.4) is 0 Å². The summed E-state index contributed by atoms with van der Waals surface area (Å²) in [6.07, 6.45) is 0.397. The first-order chi connectivity index (χ1) is 7.56. The van der Waals surface area contributed by atoms with Gasteiger partial charge in [-0.1, -0.05) is 11.8 Å². The molecule has 0 spiro atoms. The number of hydrogen-bond donors (Lipinski definition) is 2. The summed E-state index contributed by atoms with van der Waals surface area (Å²) in [5, 5.41) is 18.2. The molecule has 1 rings (SSSR count). The summed E-state index contributed by atoms with van der Waals surface area (Å²) < 4.78 is 0. The Balaban J connectivity index is 3.12. The van der Waals surface area contributed by atoms with Gasteiger partial charge in [0, 0.05) is 12.0 Å². The molecule has 0 radical (unpaired) electrons. The number of carbonyl (C=O) groups is 1. The Bertz CT molecular complexity index is 464. The van der Waals surface area contributed by atoms with E-state index in [1.54, 1.807) is 6.07 Å². The Morgan fingerprint density at radius 2 is 2.12 bits per heavy atom. The largest absolute Gasteiger partial charge is 0.507 e. The van der Waals surface area contributed by atoms with Gasteiger partial charge in [0.15, 0.2) is 5.78 Å². The van der Waals surface area contributed by atoms with E-state index >= 15 is 0 Å². The molecule has 0 fully saturated rings. The molecule has 84 valence electrons. The number of carbonyl (C=O) groups excluding carboxylic acids is 1. The highest BCUT2D eigenvalue weighted by molar-refractivity contribution is 5.97. The second kappa shape index (κ2) is 5.34. The third-order valence-electron chi connectivity index (χ3n) is 2.18. The second-order valence-electron chi connectivity index (χ2n) is 3.52. The van der Waals surface area contributed by atoms with Crippen molar-refractivity contribution in [2.75, 3.05) is 6.61 Å². The van der Waals surface area contributed by atoms with Crippen molar-refractivity contribution in [1.82, 2.24) is 0 Å². The van der Waals surface area contributed by atoms with Crippen molar-refractivity contribution < 1.29 is 15.0 Å². The van der Waals surface area contributed by atoms with Crippen LogP contribution in [-0.4, -0.2) is 22.6 Å². The zero-order valence-electron chi connectivity index (χ0n) is 9.37. The highest BCUT2D eigenvalue weighted by Crippen LogP contribution is 2.22. The average Bonchev–Trinajstić information content (AvgIpc) is 2.22. The number of aliphatic hydroxyl groups excluding tert-OH is 1. The van der Waals surface area contributed by atoms with Crippen molar-refractivity contribution >= 4 is 5.78 Å². The summed E-state index contributed by atoms with van der Waals surface area (Å²) in [4.78, 5) is 11.2. The molecule has 1 aromatic carbocycles. The predicted octanol–water partition coefficient (Wildman–Crippen LogP) is 1.64. The van der Waals surface area contributed by atoms with Gasteiger partial charge in [-0.15, -0.1) is 0 Å². The number of rotatable bonds is 2. The third kappa shape index (κ3) is 2.85. The molecule has 0 aliphatic carbocycles. The predicted molar refractivity (Wildman–Crippen MR) is 61.4 cm³/mol. The lowest BCUT2D eigenvalue weighted by atomic mass is 10.0. The van der Waals surface area contributed by atoms with Gasteiger partial charge < -0.3 is 10.2 Å². The number of phenols is 1. The number of hydrogen-bond acceptors (Lipinski definition) is 3. The standard InChI is InChI=1S/C13H14O3/c1-9-7-12(10(2)15)13(16)8-11(9)5-3-4-6-14/h7-8,14,16H,4,6H2,1-2H3. The lowest BCUT2D eigenvalue weighted by Crippen LogP contribution is -1.95. The van der Waals surface area contributed by atoms with Crippen LogP contribution in [0.25, 0.3) is 0 Å². The van der Waals surface area contributed by atoms with Crippen LogP contribution in [-0.2, 0) is 0 Å². The molecule has 0 saturated heterocycles. The molecule has 0 atom stereocenters. The van der Waals surface area contributed by atoms with Gasteiger partial charge in [-0.05, 0) is 31.5 Å². The van der Waals surface area contributed by atoms with Crippen LogP contribution < -0.4 is 0 Å². The molecular formula is C13H14O3. The number of Topliss-reactive ketones (excluding diaryl/α,β-unsaturated/α-hetero) is 1. The molecule has 0 bridgehead atoms. The minimum atomic E-state index is -0.171. The van der Waals surface area contributed by atoms with Gasteiger partial charge in [-0.2, -0.15) is 0 Å². The molecule has 0 aromatic heterocycles. The summed E-state index contributed by atoms with van der Waals surface area (Å²) >= 11 is 0. The van der Waals surface area contributed by atoms with Crippen molar-refractivity contribution in [3.05, 3.63) is 28.8 Å². The van der Waals surface area contributed by atoms with Crippen LogP contribution in [0.4, 0.5) is 0 Å². The molecule has 2 N–H and O–H groups in total. The molecule has 0 aliphatic heterocycles. The molecule has 0 aliphatic rings. The SMILES string of the molecule is CC(=O)c1cc(C)c(C#CCCO)cc1O. The van der Waals surface area contributed by atoms with Crippen molar-refractivity contribution in [1.29, 1.82) is 0 Å². The van der Waals surface area contributed by atoms with Gasteiger partial charge in [-0.3, -0.25) is 4.79 Å². The Labute approximate surface area is 94.7 Å². The zero-order valence-corrected chi connectivity index (χ0v) is 9.37. The summed E-state index contributed by atoms with van der Waals surface area (Å²) in [5.74, 6) is 5.39. The van der Waals surface area contributed by atoms with Gasteiger partial charge in [0.1, 0.15) is 5.75 Å². The van der Waals surface area contributed by atoms with E-state index in [0.717, 1.165) is 5.56 Å². The van der Waals surface area contributed by atoms with E-state index < -0.39 is 0 Å². The lowest BCUT2D eigenvalue weighted by molar-refractivity contribution is 0.101. The van der Waals surface area contributed by atoms with E-state index in [4.69, 9.17) is 5.11 Å². The summed E-state index contributed by atoms with van der Waals surface area (Å²) in [5.41, 5.74) is 1.83. The first-order valence-corrected chi connectivity index (χ1v) is 5.00. The van der Waals surface area contributed by atoms with Crippen molar-refractivity contribution in [3.63, 3.8) is 0 Å². The summed E-state index contributed by atoms with van der Waals surface area (Å²) in [6.45, 7) is 3.25. The van der Waals surface area contributed by atoms with Crippen LogP contribution >= 0.6 is 0 Å². The topological polar surface area (TPSA) is 57.5 Å². The van der Waals surface area contributed by atoms with Crippen molar-refractivity contribution in [2.24, 2.45) is 0 Å². The van der Waals surface area contributed by atoms with E-state index in [2.05, 4.69) is 11.8 Å². The molecule has 0 saturated carbocycles. The molecule has 3 heteroatoms. The van der Waals surface area contributed by atoms with Gasteiger partial charge in [0.05, 0.1) is 12.2 Å². The van der Waals surface area contributed by atoms with Crippen LogP contribution in [0.1, 0.15) is 34.8 Å². The molecular weight excluding hydrogens is 204 g/mol. The van der Waals surface area contributed by atoms with Gasteiger partial charge in [-0.25, -0.2) is 0 Å². The number of phenolic OH excluding ortho intramolecular Hbond substituents is 1. The molecule has 0 amide bonds. The molecule has 16 heavy (non-hydrogen) atoms. The maximum Gasteiger partial charge on any atom is 0.163 e. The third-order valence-corrected chi connectivity index (χ3v) is 2.18. The van der Waals surface area contributed by atoms with E-state index in [0.29, 0.717) is 17.5 Å². The molecule has 0 heterocycles. The zero-order chi connectivity index (χ0) is 12.1. The Morgan fingerprint density at radius 1 is 1.44 bits per heavy atom. The number of aliphatic hydroxyl groups is 1. The van der Waals surface area contributed by atoms with Crippen molar-refractivity contribution in [3.8, 4) is 17.6 Å². The summed E-state index contributed by atoms with van der Waals surface area (Å²) in [7, 11) is 0. The van der Waals surface area contributed by atoms with E-state index in [1.165, 1.54) is 13.0 Å². The normalized spacial score (nSPS) is 9.44. The monoisotopic (exact) mass is 218 g/mol. The maximum absolute atomic E-state index is 11.2. The smallest absolute Gasteiger partial charge is 0.163 e. The Hall–Kier alpha value is -1.79. The first-order valence-electron chi connectivity index (χ1n) is 5.00. The van der Waals surface area contributed by atoms with Gasteiger partial charge in [0.2, 0.25) is 0 Å². The number of benzene rings is 1. The lowest BCUT2D eigenvalue weighted by Gasteiger charge is -2.04. The van der Waals surface area contributed by atoms with E-state index in [1.807, 2.05) is 6.92 Å². The Kier molecular flexibility index (Phi) is 4.10. The molecule has 1 aromatic rings. The maximum atomic E-state index is 11.2. The fraction of sp³-hybridized carbons (Fsp3) is 0.308. The molecule has 3 nitrogen and oxygen atoms in total. The number of aromatic hydroxyl groups is 1. The highest BCUT2D eigenvalue weighted by Gasteiger charge is 2.08. The van der Waals surface area contributed by atoms with E-state index in [-0.39, 0.29) is 18.1 Å². The van der Waals surface area contributed by atoms with Gasteiger partial charge in [0.25, 0.3) is 0 Å². The summed E-state index contributed by atoms with van der Waals surface area (Å²) in [6, 6.07) is 3.11. The van der Waals surface area contributed by atoms with E-state index in [9.17, 15) is 9.90 Å². The second-order valence-corrected chi connectivity index (χ2v) is 3.52. The average molecular weight is 218 g/mol. The fourth-order valence-corrected chi connectivity index (χ4v) is 1.33. The number of ketones is 1. The minimum Gasteiger partial charge on any atom is -0.507 e. The van der Waals surface area contributed by atoms with Crippen LogP contribution in [0.15, 0.2) is 12.1 Å². The quantitative estimate of drug-likeness (QED) is 0.586.